The number of carboxylic acids is 2. The van der Waals surface area contributed by atoms with Crippen LogP contribution in [0.1, 0.15) is 33.6 Å². The van der Waals surface area contributed by atoms with E-state index >= 15 is 0 Å². The van der Waals surface area contributed by atoms with Gasteiger partial charge in [0.15, 0.2) is 0 Å². The number of nitrogens with zero attached hydrogens (tertiary/aromatic N) is 1. The fourth-order valence-corrected chi connectivity index (χ4v) is 3.21. The van der Waals surface area contributed by atoms with Crippen molar-refractivity contribution < 1.29 is 24.2 Å². The third-order valence-electron chi connectivity index (χ3n) is 4.36. The molecule has 0 radical (unpaired) electrons. The molecule has 0 saturated carbocycles. The summed E-state index contributed by atoms with van der Waals surface area (Å²) in [7, 11) is 0. The molecule has 1 saturated heterocycles. The van der Waals surface area contributed by atoms with Crippen LogP contribution in [0, 0.1) is 5.82 Å². The number of benzene rings is 1. The normalized spacial score (nSPS) is 13.8. The smallest absolute Gasteiger partial charge is 0.342 e. The fourth-order valence-electron chi connectivity index (χ4n) is 3.21. The second kappa shape index (κ2) is 6.51. The van der Waals surface area contributed by atoms with Crippen LogP contribution in [0.15, 0.2) is 23.0 Å². The Hall–Kier alpha value is -3.36. The quantitative estimate of drug-likeness (QED) is 0.651. The second-order valence-corrected chi connectivity index (χ2v) is 5.96. The van der Waals surface area contributed by atoms with Gasteiger partial charge < -0.3 is 25.8 Å². The zero-order chi connectivity index (χ0) is 19.0. The molecule has 3 rings (SSSR count). The molecule has 9 heteroatoms. The van der Waals surface area contributed by atoms with Crippen LogP contribution in [-0.4, -0.2) is 40.2 Å². The van der Waals surface area contributed by atoms with Crippen LogP contribution < -0.4 is 16.2 Å². The lowest BCUT2D eigenvalue weighted by Gasteiger charge is -2.19. The van der Waals surface area contributed by atoms with Crippen LogP contribution in [0.5, 0.6) is 0 Å². The molecule has 0 amide bonds. The summed E-state index contributed by atoms with van der Waals surface area (Å²) in [6, 6.07) is 3.87. The molecule has 0 spiro atoms. The van der Waals surface area contributed by atoms with Gasteiger partial charge in [0.25, 0.3) is 5.56 Å². The molecular formula is C17H16FN3O5. The van der Waals surface area contributed by atoms with Gasteiger partial charge in [-0.3, -0.25) is 4.79 Å². The lowest BCUT2D eigenvalue weighted by Crippen LogP contribution is -2.24. The standard InChI is InChI=1S/C17H16FN3O5/c18-9-7-8(3-4-10(9)21-5-1-2-6-21)11-12(16(23)24)14(19)20-15(22)13(11)17(25)26/h3-4,7H,1-2,5-6H2,(H,23,24)(H,25,26)(H3,19,20,22). The number of nitrogens with two attached hydrogens (primary N) is 1. The average Bonchev–Trinajstić information content (AvgIpc) is 3.07. The topological polar surface area (TPSA) is 137 Å². The maximum atomic E-state index is 14.6. The van der Waals surface area contributed by atoms with E-state index in [4.69, 9.17) is 5.73 Å². The van der Waals surface area contributed by atoms with Crippen molar-refractivity contribution >= 4 is 23.4 Å². The van der Waals surface area contributed by atoms with E-state index in [2.05, 4.69) is 0 Å². The number of anilines is 2. The van der Waals surface area contributed by atoms with Crippen molar-refractivity contribution in [2.45, 2.75) is 12.8 Å². The molecule has 1 aromatic carbocycles. The molecule has 26 heavy (non-hydrogen) atoms. The number of carbonyl (C=O) groups is 2. The number of nitrogens with one attached hydrogen (secondary N) is 1. The molecule has 136 valence electrons. The lowest BCUT2D eigenvalue weighted by atomic mass is 9.95. The van der Waals surface area contributed by atoms with E-state index in [1.54, 1.807) is 0 Å². The minimum Gasteiger partial charge on any atom is -0.478 e. The molecule has 2 heterocycles. The van der Waals surface area contributed by atoms with Crippen molar-refractivity contribution in [2.24, 2.45) is 0 Å². The van der Waals surface area contributed by atoms with E-state index in [1.165, 1.54) is 12.1 Å². The highest BCUT2D eigenvalue weighted by molar-refractivity contribution is 6.07. The van der Waals surface area contributed by atoms with Gasteiger partial charge in [0.2, 0.25) is 0 Å². The minimum absolute atomic E-state index is 0.0435. The maximum absolute atomic E-state index is 14.6. The number of hydrogen-bond donors (Lipinski definition) is 4. The van der Waals surface area contributed by atoms with E-state index in [1.807, 2.05) is 9.88 Å². The SMILES string of the molecule is Nc1[nH]c(=O)c(C(=O)O)c(-c2ccc(N3CCCC3)c(F)c2)c1C(=O)O. The second-order valence-electron chi connectivity index (χ2n) is 5.96. The summed E-state index contributed by atoms with van der Waals surface area (Å²) in [5.41, 5.74) is 3.00. The molecule has 1 fully saturated rings. The number of nitrogen functional groups attached to an aromatic ring is 1. The Bertz CT molecular complexity index is 964. The summed E-state index contributed by atoms with van der Waals surface area (Å²) in [5.74, 6) is -4.28. The molecule has 0 unspecified atom stereocenters. The number of carboxylic acid groups (broad SMARTS) is 2. The first-order valence-corrected chi connectivity index (χ1v) is 7.88. The third-order valence-corrected chi connectivity index (χ3v) is 4.36. The van der Waals surface area contributed by atoms with Crippen molar-refractivity contribution in [3.05, 3.63) is 45.5 Å². The van der Waals surface area contributed by atoms with E-state index in [0.29, 0.717) is 18.8 Å². The largest absolute Gasteiger partial charge is 0.478 e. The first kappa shape index (κ1) is 17.5. The Labute approximate surface area is 146 Å². The highest BCUT2D eigenvalue weighted by Gasteiger charge is 2.27. The number of rotatable bonds is 4. The zero-order valence-electron chi connectivity index (χ0n) is 13.6. The van der Waals surface area contributed by atoms with Crippen LogP contribution in [-0.2, 0) is 0 Å². The fraction of sp³-hybridized carbons (Fsp3) is 0.235. The van der Waals surface area contributed by atoms with Gasteiger partial charge in [-0.25, -0.2) is 14.0 Å². The van der Waals surface area contributed by atoms with Gasteiger partial charge >= 0.3 is 11.9 Å². The summed E-state index contributed by atoms with van der Waals surface area (Å²) >= 11 is 0. The molecular weight excluding hydrogens is 345 g/mol. The number of pyridine rings is 1. The van der Waals surface area contributed by atoms with Crippen molar-refractivity contribution in [1.29, 1.82) is 0 Å². The molecule has 1 aliphatic rings. The number of aromatic carboxylic acids is 2. The number of aromatic amines is 1. The van der Waals surface area contributed by atoms with Crippen LogP contribution in [0.4, 0.5) is 15.9 Å². The average molecular weight is 361 g/mol. The Kier molecular flexibility index (Phi) is 4.37. The Morgan fingerprint density at radius 1 is 1.12 bits per heavy atom. The summed E-state index contributed by atoms with van der Waals surface area (Å²) in [5, 5.41) is 18.8. The Morgan fingerprint density at radius 2 is 1.73 bits per heavy atom. The summed E-state index contributed by atoms with van der Waals surface area (Å²) in [6.07, 6.45) is 1.89. The Morgan fingerprint density at radius 3 is 2.27 bits per heavy atom. The summed E-state index contributed by atoms with van der Waals surface area (Å²) in [6.45, 7) is 1.41. The van der Waals surface area contributed by atoms with Crippen molar-refractivity contribution in [3.63, 3.8) is 0 Å². The third kappa shape index (κ3) is 2.87. The van der Waals surface area contributed by atoms with E-state index in [9.17, 15) is 29.0 Å². The predicted octanol–water partition coefficient (Wildman–Crippen LogP) is 1.76. The van der Waals surface area contributed by atoms with Gasteiger partial charge in [-0.15, -0.1) is 0 Å². The van der Waals surface area contributed by atoms with E-state index in [0.717, 1.165) is 18.9 Å². The van der Waals surface area contributed by atoms with Gasteiger partial charge in [0.05, 0.1) is 5.69 Å². The number of H-pyrrole nitrogens is 1. The first-order valence-electron chi connectivity index (χ1n) is 7.88. The minimum atomic E-state index is -1.63. The van der Waals surface area contributed by atoms with Gasteiger partial charge in [-0.1, -0.05) is 6.07 Å². The van der Waals surface area contributed by atoms with Crippen LogP contribution in [0.25, 0.3) is 11.1 Å². The van der Waals surface area contributed by atoms with Crippen LogP contribution >= 0.6 is 0 Å². The molecule has 1 aromatic heterocycles. The van der Waals surface area contributed by atoms with E-state index in [-0.39, 0.29) is 5.56 Å². The predicted molar refractivity (Wildman–Crippen MR) is 92.2 cm³/mol. The van der Waals surface area contributed by atoms with Crippen LogP contribution in [0.2, 0.25) is 0 Å². The summed E-state index contributed by atoms with van der Waals surface area (Å²) < 4.78 is 14.6. The van der Waals surface area contributed by atoms with Gasteiger partial charge in [0.1, 0.15) is 22.8 Å². The van der Waals surface area contributed by atoms with E-state index < -0.39 is 45.8 Å². The van der Waals surface area contributed by atoms with Gasteiger partial charge in [-0.2, -0.15) is 0 Å². The summed E-state index contributed by atoms with van der Waals surface area (Å²) in [4.78, 5) is 38.9. The maximum Gasteiger partial charge on any atom is 0.342 e. The van der Waals surface area contributed by atoms with Gasteiger partial charge in [0, 0.05) is 18.7 Å². The highest BCUT2D eigenvalue weighted by Crippen LogP contribution is 2.33. The lowest BCUT2D eigenvalue weighted by molar-refractivity contribution is 0.0695. The molecule has 0 atom stereocenters. The highest BCUT2D eigenvalue weighted by atomic mass is 19.1. The molecule has 2 aromatic rings. The van der Waals surface area contributed by atoms with Crippen molar-refractivity contribution in [2.75, 3.05) is 23.7 Å². The van der Waals surface area contributed by atoms with Crippen molar-refractivity contribution in [3.8, 4) is 11.1 Å². The van der Waals surface area contributed by atoms with Gasteiger partial charge in [-0.05, 0) is 30.5 Å². The number of hydrogen-bond acceptors (Lipinski definition) is 5. The zero-order valence-corrected chi connectivity index (χ0v) is 13.6. The molecule has 0 aliphatic carbocycles. The van der Waals surface area contributed by atoms with Crippen molar-refractivity contribution in [1.82, 2.24) is 4.98 Å². The number of halogens is 1. The molecule has 1 aliphatic heterocycles. The Balaban J connectivity index is 2.25. The molecule has 5 N–H and O–H groups in total. The molecule has 8 nitrogen and oxygen atoms in total. The first-order chi connectivity index (χ1) is 12.3. The number of aromatic nitrogens is 1. The van der Waals surface area contributed by atoms with Crippen LogP contribution in [0.3, 0.4) is 0 Å². The monoisotopic (exact) mass is 361 g/mol. The molecule has 0 bridgehead atoms.